The first kappa shape index (κ1) is 11.0. The van der Waals surface area contributed by atoms with Gasteiger partial charge >= 0.3 is 0 Å². The predicted molar refractivity (Wildman–Crippen MR) is 61.6 cm³/mol. The standard InChI is InChI=1S/C12H22N2O2/c1-2-12(16-7-1)3-4-13-10-11(12)14-5-8-15-9-6-14/h11,13H,1-10H2. The highest BCUT2D eigenvalue weighted by molar-refractivity contribution is 5.02. The van der Waals surface area contributed by atoms with E-state index in [0.717, 1.165) is 46.0 Å². The van der Waals surface area contributed by atoms with Gasteiger partial charge in [-0.25, -0.2) is 0 Å². The van der Waals surface area contributed by atoms with E-state index in [-0.39, 0.29) is 5.60 Å². The number of rotatable bonds is 1. The van der Waals surface area contributed by atoms with Crippen molar-refractivity contribution in [2.75, 3.05) is 46.0 Å². The van der Waals surface area contributed by atoms with E-state index in [1.54, 1.807) is 0 Å². The summed E-state index contributed by atoms with van der Waals surface area (Å²) in [5.74, 6) is 0. The molecule has 0 radical (unpaired) electrons. The first-order chi connectivity index (χ1) is 7.91. The highest BCUT2D eigenvalue weighted by Crippen LogP contribution is 2.36. The van der Waals surface area contributed by atoms with Gasteiger partial charge in [-0.2, -0.15) is 0 Å². The number of hydrogen-bond acceptors (Lipinski definition) is 4. The Morgan fingerprint density at radius 2 is 2.00 bits per heavy atom. The van der Waals surface area contributed by atoms with Gasteiger partial charge in [-0.1, -0.05) is 0 Å². The second-order valence-electron chi connectivity index (χ2n) is 5.14. The third-order valence-electron chi connectivity index (χ3n) is 4.29. The van der Waals surface area contributed by atoms with E-state index >= 15 is 0 Å². The second-order valence-corrected chi connectivity index (χ2v) is 5.14. The molecule has 0 aromatic carbocycles. The molecular formula is C12H22N2O2. The van der Waals surface area contributed by atoms with Gasteiger partial charge in [0.1, 0.15) is 0 Å². The maximum Gasteiger partial charge on any atom is 0.0862 e. The minimum atomic E-state index is 0.155. The normalized spacial score (nSPS) is 41.6. The first-order valence-corrected chi connectivity index (χ1v) is 6.57. The van der Waals surface area contributed by atoms with Crippen LogP contribution in [0.25, 0.3) is 0 Å². The lowest BCUT2D eigenvalue weighted by Crippen LogP contribution is -2.63. The molecule has 3 rings (SSSR count). The SMILES string of the molecule is C1COC2(C1)CCNCC2N1CCOCC1. The Morgan fingerprint density at radius 3 is 2.75 bits per heavy atom. The van der Waals surface area contributed by atoms with Gasteiger partial charge in [-0.05, 0) is 25.8 Å². The number of ether oxygens (including phenoxy) is 2. The van der Waals surface area contributed by atoms with Gasteiger partial charge in [0.15, 0.2) is 0 Å². The smallest absolute Gasteiger partial charge is 0.0862 e. The molecule has 1 spiro atoms. The summed E-state index contributed by atoms with van der Waals surface area (Å²) < 4.78 is 11.6. The minimum Gasteiger partial charge on any atom is -0.379 e. The zero-order chi connectivity index (χ0) is 10.8. The quantitative estimate of drug-likeness (QED) is 0.694. The Bertz CT molecular complexity index is 235. The number of morpholine rings is 1. The molecule has 3 aliphatic rings. The van der Waals surface area contributed by atoms with Crippen molar-refractivity contribution in [2.45, 2.75) is 30.9 Å². The first-order valence-electron chi connectivity index (χ1n) is 6.57. The summed E-state index contributed by atoms with van der Waals surface area (Å²) in [7, 11) is 0. The molecule has 0 aromatic heterocycles. The monoisotopic (exact) mass is 226 g/mol. The molecule has 4 nitrogen and oxygen atoms in total. The van der Waals surface area contributed by atoms with Gasteiger partial charge in [0, 0.05) is 26.2 Å². The summed E-state index contributed by atoms with van der Waals surface area (Å²) in [6.45, 7) is 7.05. The largest absolute Gasteiger partial charge is 0.379 e. The summed E-state index contributed by atoms with van der Waals surface area (Å²) in [5.41, 5.74) is 0.155. The molecular weight excluding hydrogens is 204 g/mol. The summed E-state index contributed by atoms with van der Waals surface area (Å²) in [4.78, 5) is 2.57. The van der Waals surface area contributed by atoms with Crippen molar-refractivity contribution in [1.29, 1.82) is 0 Å². The van der Waals surface area contributed by atoms with E-state index in [1.807, 2.05) is 0 Å². The van der Waals surface area contributed by atoms with Crippen LogP contribution in [0.4, 0.5) is 0 Å². The Balaban J connectivity index is 1.74. The molecule has 1 N–H and O–H groups in total. The highest BCUT2D eigenvalue weighted by Gasteiger charge is 2.46. The molecule has 92 valence electrons. The third-order valence-corrected chi connectivity index (χ3v) is 4.29. The average molecular weight is 226 g/mol. The summed E-state index contributed by atoms with van der Waals surface area (Å²) in [6.07, 6.45) is 3.66. The van der Waals surface area contributed by atoms with Gasteiger partial charge < -0.3 is 14.8 Å². The van der Waals surface area contributed by atoms with Crippen molar-refractivity contribution in [1.82, 2.24) is 10.2 Å². The van der Waals surface area contributed by atoms with Crippen molar-refractivity contribution in [3.8, 4) is 0 Å². The fourth-order valence-electron chi connectivity index (χ4n) is 3.42. The van der Waals surface area contributed by atoms with Gasteiger partial charge in [-0.3, -0.25) is 4.90 Å². The molecule has 0 aliphatic carbocycles. The van der Waals surface area contributed by atoms with Crippen LogP contribution < -0.4 is 5.32 Å². The van der Waals surface area contributed by atoms with E-state index < -0.39 is 0 Å². The Morgan fingerprint density at radius 1 is 1.12 bits per heavy atom. The van der Waals surface area contributed by atoms with Crippen LogP contribution >= 0.6 is 0 Å². The molecule has 2 atom stereocenters. The van der Waals surface area contributed by atoms with Crippen LogP contribution in [0.15, 0.2) is 0 Å². The number of hydrogen-bond donors (Lipinski definition) is 1. The van der Waals surface area contributed by atoms with Gasteiger partial charge in [0.25, 0.3) is 0 Å². The minimum absolute atomic E-state index is 0.155. The maximum absolute atomic E-state index is 6.12. The van der Waals surface area contributed by atoms with Crippen LogP contribution in [0.2, 0.25) is 0 Å². The number of nitrogens with zero attached hydrogens (tertiary/aromatic N) is 1. The van der Waals surface area contributed by atoms with E-state index in [9.17, 15) is 0 Å². The topological polar surface area (TPSA) is 33.7 Å². The zero-order valence-corrected chi connectivity index (χ0v) is 9.91. The lowest BCUT2D eigenvalue weighted by molar-refractivity contribution is -0.102. The molecule has 0 amide bonds. The van der Waals surface area contributed by atoms with E-state index in [1.165, 1.54) is 19.3 Å². The lowest BCUT2D eigenvalue weighted by atomic mass is 9.83. The molecule has 3 saturated heterocycles. The van der Waals surface area contributed by atoms with E-state index in [4.69, 9.17) is 9.47 Å². The molecule has 3 heterocycles. The molecule has 3 fully saturated rings. The van der Waals surface area contributed by atoms with Crippen LogP contribution in [0.1, 0.15) is 19.3 Å². The third kappa shape index (κ3) is 1.88. The van der Waals surface area contributed by atoms with Crippen molar-refractivity contribution in [3.63, 3.8) is 0 Å². The molecule has 0 saturated carbocycles. The number of nitrogens with one attached hydrogen (secondary N) is 1. The van der Waals surface area contributed by atoms with Crippen LogP contribution in [0.5, 0.6) is 0 Å². The van der Waals surface area contributed by atoms with E-state index in [2.05, 4.69) is 10.2 Å². The lowest BCUT2D eigenvalue weighted by Gasteiger charge is -2.47. The summed E-state index contributed by atoms with van der Waals surface area (Å²) in [6, 6.07) is 0.563. The van der Waals surface area contributed by atoms with Gasteiger partial charge in [-0.15, -0.1) is 0 Å². The Labute approximate surface area is 97.3 Å². The zero-order valence-electron chi connectivity index (χ0n) is 9.91. The van der Waals surface area contributed by atoms with Crippen LogP contribution in [-0.2, 0) is 9.47 Å². The van der Waals surface area contributed by atoms with Crippen molar-refractivity contribution >= 4 is 0 Å². The van der Waals surface area contributed by atoms with Crippen molar-refractivity contribution in [3.05, 3.63) is 0 Å². The van der Waals surface area contributed by atoms with Crippen molar-refractivity contribution in [2.24, 2.45) is 0 Å². The molecule has 0 bridgehead atoms. The molecule has 16 heavy (non-hydrogen) atoms. The maximum atomic E-state index is 6.12. The fourth-order valence-corrected chi connectivity index (χ4v) is 3.42. The van der Waals surface area contributed by atoms with Crippen molar-refractivity contribution < 1.29 is 9.47 Å². The highest BCUT2D eigenvalue weighted by atomic mass is 16.5. The van der Waals surface area contributed by atoms with Gasteiger partial charge in [0.05, 0.1) is 24.9 Å². The fraction of sp³-hybridized carbons (Fsp3) is 1.00. The van der Waals surface area contributed by atoms with Crippen LogP contribution in [0, 0.1) is 0 Å². The van der Waals surface area contributed by atoms with Crippen LogP contribution in [0.3, 0.4) is 0 Å². The second kappa shape index (κ2) is 4.61. The van der Waals surface area contributed by atoms with Crippen LogP contribution in [-0.4, -0.2) is 62.5 Å². The summed E-state index contributed by atoms with van der Waals surface area (Å²) >= 11 is 0. The molecule has 0 aromatic rings. The Hall–Kier alpha value is -0.160. The number of piperidine rings is 1. The average Bonchev–Trinajstić information content (AvgIpc) is 2.80. The summed E-state index contributed by atoms with van der Waals surface area (Å²) in [5, 5.41) is 3.52. The molecule has 4 heteroatoms. The Kier molecular flexibility index (Phi) is 3.16. The van der Waals surface area contributed by atoms with E-state index in [0.29, 0.717) is 6.04 Å². The molecule has 3 aliphatic heterocycles. The molecule has 2 unspecified atom stereocenters. The van der Waals surface area contributed by atoms with Gasteiger partial charge in [0.2, 0.25) is 0 Å². The predicted octanol–water partition coefficient (Wildman–Crippen LogP) is 0.230.